The molecule has 0 aliphatic carbocycles. The average molecular weight is 344 g/mol. The third-order valence-corrected chi connectivity index (χ3v) is 5.79. The fourth-order valence-electron chi connectivity index (χ4n) is 2.55. The second-order valence-electron chi connectivity index (χ2n) is 4.34. The Morgan fingerprint density at radius 3 is 2.69 bits per heavy atom. The van der Waals surface area contributed by atoms with Gasteiger partial charge in [-0.3, -0.25) is 0 Å². The molecule has 4 heteroatoms. The fourth-order valence-corrected chi connectivity index (χ4v) is 3.66. The summed E-state index contributed by atoms with van der Waals surface area (Å²) in [6, 6.07) is 0. The Balaban J connectivity index is 2.57. The fraction of sp³-hybridized carbons (Fsp3) is 0.417. The highest BCUT2D eigenvalue weighted by atomic mass is 79.9. The maximum atomic E-state index is 4.70. The smallest absolute Gasteiger partial charge is 0.106 e. The number of rotatable bonds is 0. The highest BCUT2D eigenvalue weighted by Crippen LogP contribution is 2.39. The molecule has 1 aliphatic rings. The van der Waals surface area contributed by atoms with Gasteiger partial charge in [-0.2, -0.15) is 0 Å². The number of hydrogen-bond donors (Lipinski definition) is 0. The first-order valence-electron chi connectivity index (χ1n) is 5.44. The largest absolute Gasteiger partial charge is 0.328 e. The molecule has 0 radical (unpaired) electrons. The van der Waals surface area contributed by atoms with Gasteiger partial charge in [0.15, 0.2) is 0 Å². The van der Waals surface area contributed by atoms with Gasteiger partial charge in [-0.1, -0.05) is 0 Å². The first kappa shape index (κ1) is 10.8. The van der Waals surface area contributed by atoms with Crippen molar-refractivity contribution < 1.29 is 0 Å². The lowest BCUT2D eigenvalue weighted by molar-refractivity contribution is 0.615. The third kappa shape index (κ3) is 1.26. The summed E-state index contributed by atoms with van der Waals surface area (Å²) in [7, 11) is 0. The molecule has 0 saturated heterocycles. The Bertz CT molecular complexity index is 599. The normalized spacial score (nSPS) is 14.8. The summed E-state index contributed by atoms with van der Waals surface area (Å²) in [5.41, 5.74) is 5.12. The molecular formula is C12H12Br2N2. The highest BCUT2D eigenvalue weighted by Gasteiger charge is 2.22. The molecule has 0 amide bonds. The van der Waals surface area contributed by atoms with Gasteiger partial charge in [0.05, 0.1) is 11.0 Å². The van der Waals surface area contributed by atoms with Crippen LogP contribution in [-0.2, 0) is 13.0 Å². The molecule has 0 bridgehead atoms. The van der Waals surface area contributed by atoms with Crippen LogP contribution in [0.2, 0.25) is 0 Å². The molecule has 0 atom stereocenters. The minimum absolute atomic E-state index is 1.10. The first-order valence-corrected chi connectivity index (χ1v) is 7.03. The predicted molar refractivity (Wildman–Crippen MR) is 72.9 cm³/mol. The Morgan fingerprint density at radius 1 is 1.19 bits per heavy atom. The van der Waals surface area contributed by atoms with Crippen LogP contribution in [0.5, 0.6) is 0 Å². The van der Waals surface area contributed by atoms with E-state index in [1.165, 1.54) is 27.5 Å². The van der Waals surface area contributed by atoms with Crippen LogP contribution < -0.4 is 0 Å². The van der Waals surface area contributed by atoms with E-state index >= 15 is 0 Å². The molecule has 84 valence electrons. The monoisotopic (exact) mass is 342 g/mol. The van der Waals surface area contributed by atoms with Gasteiger partial charge in [0, 0.05) is 15.5 Å². The van der Waals surface area contributed by atoms with Crippen LogP contribution >= 0.6 is 31.9 Å². The molecule has 0 saturated carbocycles. The number of aryl methyl sites for hydroxylation is 4. The summed E-state index contributed by atoms with van der Waals surface area (Å²) < 4.78 is 4.71. The van der Waals surface area contributed by atoms with E-state index in [2.05, 4.69) is 50.3 Å². The molecule has 0 unspecified atom stereocenters. The van der Waals surface area contributed by atoms with Crippen molar-refractivity contribution in [2.45, 2.75) is 33.2 Å². The van der Waals surface area contributed by atoms with Crippen molar-refractivity contribution in [3.63, 3.8) is 0 Å². The van der Waals surface area contributed by atoms with Gasteiger partial charge in [-0.25, -0.2) is 4.98 Å². The minimum Gasteiger partial charge on any atom is -0.328 e. The third-order valence-electron chi connectivity index (χ3n) is 3.39. The van der Waals surface area contributed by atoms with Crippen molar-refractivity contribution in [1.82, 2.24) is 9.55 Å². The number of halogens is 2. The molecule has 0 spiro atoms. The van der Waals surface area contributed by atoms with Crippen LogP contribution in [0.3, 0.4) is 0 Å². The lowest BCUT2D eigenvalue weighted by atomic mass is 10.0. The lowest BCUT2D eigenvalue weighted by Crippen LogP contribution is -2.09. The van der Waals surface area contributed by atoms with Crippen molar-refractivity contribution in [2.24, 2.45) is 0 Å². The van der Waals surface area contributed by atoms with Gasteiger partial charge in [0.2, 0.25) is 0 Å². The summed E-state index contributed by atoms with van der Waals surface area (Å²) in [4.78, 5) is 4.70. The van der Waals surface area contributed by atoms with E-state index in [1.807, 2.05) is 0 Å². The lowest BCUT2D eigenvalue weighted by Gasteiger charge is -2.19. The van der Waals surface area contributed by atoms with Gasteiger partial charge in [-0.15, -0.1) is 0 Å². The van der Waals surface area contributed by atoms with Crippen LogP contribution in [0.15, 0.2) is 8.95 Å². The maximum Gasteiger partial charge on any atom is 0.106 e. The van der Waals surface area contributed by atoms with Crippen molar-refractivity contribution in [2.75, 3.05) is 0 Å². The van der Waals surface area contributed by atoms with Gasteiger partial charge in [0.1, 0.15) is 5.82 Å². The zero-order valence-corrected chi connectivity index (χ0v) is 12.4. The molecule has 2 heterocycles. The van der Waals surface area contributed by atoms with Gasteiger partial charge in [-0.05, 0) is 69.7 Å². The maximum absolute atomic E-state index is 4.70. The first-order chi connectivity index (χ1) is 7.61. The molecule has 1 aromatic heterocycles. The zero-order chi connectivity index (χ0) is 11.4. The van der Waals surface area contributed by atoms with Gasteiger partial charge < -0.3 is 4.57 Å². The van der Waals surface area contributed by atoms with E-state index in [0.29, 0.717) is 0 Å². The Hall–Kier alpha value is -0.350. The molecule has 3 rings (SSSR count). The summed E-state index contributed by atoms with van der Waals surface area (Å²) in [6.45, 7) is 5.32. The van der Waals surface area contributed by atoms with Gasteiger partial charge in [0.25, 0.3) is 0 Å². The van der Waals surface area contributed by atoms with Crippen LogP contribution in [0.25, 0.3) is 11.0 Å². The van der Waals surface area contributed by atoms with Crippen molar-refractivity contribution >= 4 is 42.9 Å². The minimum atomic E-state index is 1.10. The van der Waals surface area contributed by atoms with Crippen LogP contribution in [-0.4, -0.2) is 9.55 Å². The summed E-state index contributed by atoms with van der Waals surface area (Å²) in [5.74, 6) is 1.13. The topological polar surface area (TPSA) is 17.8 Å². The summed E-state index contributed by atoms with van der Waals surface area (Å²) in [6.07, 6.45) is 2.34. The number of aromatic nitrogens is 2. The SMILES string of the molecule is Cc1c(Br)c(Br)c2c3c1nc(C)n3CCC2. The standard InChI is InChI=1S/C12H12Br2N2/c1-6-9(13)10(14)8-4-3-5-16-7(2)15-11(6)12(8)16/h3-5H2,1-2H3. The van der Waals surface area contributed by atoms with Crippen LogP contribution in [0.4, 0.5) is 0 Å². The molecule has 1 aliphatic heterocycles. The van der Waals surface area contributed by atoms with E-state index in [0.717, 1.165) is 28.8 Å². The van der Waals surface area contributed by atoms with Crippen LogP contribution in [0.1, 0.15) is 23.4 Å². The van der Waals surface area contributed by atoms with Crippen molar-refractivity contribution in [3.8, 4) is 0 Å². The van der Waals surface area contributed by atoms with E-state index in [-0.39, 0.29) is 0 Å². The van der Waals surface area contributed by atoms with E-state index in [1.54, 1.807) is 0 Å². The number of imidazole rings is 1. The van der Waals surface area contributed by atoms with E-state index < -0.39 is 0 Å². The van der Waals surface area contributed by atoms with Crippen LogP contribution in [0, 0.1) is 13.8 Å². The Morgan fingerprint density at radius 2 is 1.94 bits per heavy atom. The Labute approximate surface area is 111 Å². The second-order valence-corrected chi connectivity index (χ2v) is 5.93. The second kappa shape index (κ2) is 3.57. The molecule has 0 fully saturated rings. The number of hydrogen-bond acceptors (Lipinski definition) is 1. The van der Waals surface area contributed by atoms with Gasteiger partial charge >= 0.3 is 0 Å². The van der Waals surface area contributed by atoms with Crippen molar-refractivity contribution in [1.29, 1.82) is 0 Å². The average Bonchev–Trinajstić information content (AvgIpc) is 2.63. The van der Waals surface area contributed by atoms with Crippen molar-refractivity contribution in [3.05, 3.63) is 25.9 Å². The summed E-state index contributed by atoms with van der Waals surface area (Å²) >= 11 is 7.36. The van der Waals surface area contributed by atoms with E-state index in [9.17, 15) is 0 Å². The molecule has 1 aromatic carbocycles. The predicted octanol–water partition coefficient (Wildman–Crippen LogP) is 4.12. The number of benzene rings is 1. The van der Waals surface area contributed by atoms with E-state index in [4.69, 9.17) is 4.98 Å². The molecule has 16 heavy (non-hydrogen) atoms. The number of nitrogens with zero attached hydrogens (tertiary/aromatic N) is 2. The Kier molecular flexibility index (Phi) is 2.41. The molecule has 0 N–H and O–H groups in total. The highest BCUT2D eigenvalue weighted by molar-refractivity contribution is 9.13. The zero-order valence-electron chi connectivity index (χ0n) is 9.27. The molecular weight excluding hydrogens is 332 g/mol. The molecule has 2 nitrogen and oxygen atoms in total. The molecule has 2 aromatic rings. The summed E-state index contributed by atoms with van der Waals surface area (Å²) in [5, 5.41) is 0. The quantitative estimate of drug-likeness (QED) is 0.703.